The summed E-state index contributed by atoms with van der Waals surface area (Å²) >= 11 is 1.62. The third kappa shape index (κ3) is 4.96. The van der Waals surface area contributed by atoms with Gasteiger partial charge in [0.2, 0.25) is 0 Å². The number of hydrogen-bond acceptors (Lipinski definition) is 5. The summed E-state index contributed by atoms with van der Waals surface area (Å²) < 4.78 is 5.99. The number of furan rings is 1. The first-order valence-electron chi connectivity index (χ1n) is 12.4. The summed E-state index contributed by atoms with van der Waals surface area (Å²) in [5, 5.41) is 13.4. The molecule has 35 heavy (non-hydrogen) atoms. The number of aliphatic imine (C=N–C) groups is 1. The van der Waals surface area contributed by atoms with E-state index in [0.29, 0.717) is 17.1 Å². The molecule has 2 N–H and O–H groups in total. The van der Waals surface area contributed by atoms with Crippen LogP contribution in [-0.4, -0.2) is 29.2 Å². The highest BCUT2D eigenvalue weighted by Gasteiger charge is 2.27. The van der Waals surface area contributed by atoms with Gasteiger partial charge < -0.3 is 14.8 Å². The van der Waals surface area contributed by atoms with Crippen molar-refractivity contribution in [1.29, 1.82) is 0 Å². The molecule has 0 radical (unpaired) electrons. The van der Waals surface area contributed by atoms with Crippen molar-refractivity contribution >= 4 is 34.4 Å². The highest BCUT2D eigenvalue weighted by atomic mass is 32.1. The number of carboxylic acids is 1. The van der Waals surface area contributed by atoms with E-state index in [4.69, 9.17) is 9.41 Å². The Morgan fingerprint density at radius 2 is 1.89 bits per heavy atom. The second-order valence-corrected chi connectivity index (χ2v) is 10.5. The summed E-state index contributed by atoms with van der Waals surface area (Å²) in [6, 6.07) is 9.06. The molecule has 3 aromatic rings. The van der Waals surface area contributed by atoms with Gasteiger partial charge in [-0.1, -0.05) is 31.4 Å². The van der Waals surface area contributed by atoms with Crippen LogP contribution < -0.4 is 5.32 Å². The third-order valence-corrected chi connectivity index (χ3v) is 8.29. The molecule has 0 spiro atoms. The normalized spacial score (nSPS) is 16.4. The van der Waals surface area contributed by atoms with Crippen molar-refractivity contribution in [3.8, 4) is 11.3 Å². The Morgan fingerprint density at radius 3 is 2.69 bits per heavy atom. The summed E-state index contributed by atoms with van der Waals surface area (Å²) in [4.78, 5) is 30.8. The Bertz CT molecular complexity index is 1280. The number of carboxylic acid groups (broad SMARTS) is 1. The van der Waals surface area contributed by atoms with Crippen LogP contribution in [0.3, 0.4) is 0 Å². The number of hydrogen-bond donors (Lipinski definition) is 2. The Hall–Kier alpha value is -3.19. The van der Waals surface area contributed by atoms with E-state index in [1.807, 2.05) is 18.2 Å². The fourth-order valence-electron chi connectivity index (χ4n) is 5.20. The Kier molecular flexibility index (Phi) is 6.86. The number of benzene rings is 1. The van der Waals surface area contributed by atoms with Gasteiger partial charge in [-0.15, -0.1) is 11.3 Å². The molecule has 1 saturated carbocycles. The quantitative estimate of drug-likeness (QED) is 0.376. The molecule has 0 saturated heterocycles. The van der Waals surface area contributed by atoms with Gasteiger partial charge in [-0.3, -0.25) is 4.79 Å². The maximum atomic E-state index is 13.3. The zero-order valence-corrected chi connectivity index (χ0v) is 20.7. The average molecular weight is 491 g/mol. The van der Waals surface area contributed by atoms with Crippen molar-refractivity contribution in [1.82, 2.24) is 5.32 Å². The van der Waals surface area contributed by atoms with Crippen LogP contribution >= 0.6 is 11.3 Å². The summed E-state index contributed by atoms with van der Waals surface area (Å²) in [5.74, 6) is 0.195. The number of rotatable bonds is 6. The number of fused-ring (bicyclic) bond motifs is 1. The van der Waals surface area contributed by atoms with Gasteiger partial charge in [0.15, 0.2) is 0 Å². The number of amides is 1. The van der Waals surface area contributed by atoms with E-state index in [1.165, 1.54) is 29.7 Å². The van der Waals surface area contributed by atoms with Crippen LogP contribution in [0.1, 0.15) is 87.4 Å². The van der Waals surface area contributed by atoms with Crippen LogP contribution in [0.25, 0.3) is 11.3 Å². The van der Waals surface area contributed by atoms with Crippen LogP contribution in [0.2, 0.25) is 0 Å². The lowest BCUT2D eigenvalue weighted by atomic mass is 9.93. The standard InChI is InChI=1S/C28H30N2O4S/c1-17-20(11-7-12-21(17)28(32)33)23-15-14-19(34-23)16-29-27-25(22-10-5-6-13-24(22)35-27)26(31)30-18-8-3-2-4-9-18/h7,11-12,14-16,18H,2-6,8-10,13H2,1H3,(H,30,31)(H,32,33). The molecule has 2 aliphatic carbocycles. The molecule has 7 heteroatoms. The Balaban J connectivity index is 1.41. The van der Waals surface area contributed by atoms with Gasteiger partial charge in [0.1, 0.15) is 16.5 Å². The largest absolute Gasteiger partial charge is 0.478 e. The molecule has 1 aromatic carbocycles. The molecule has 0 bridgehead atoms. The number of nitrogens with zero attached hydrogens (tertiary/aromatic N) is 1. The molecule has 2 heterocycles. The van der Waals surface area contributed by atoms with Crippen molar-refractivity contribution in [2.75, 3.05) is 0 Å². The van der Waals surface area contributed by atoms with Crippen molar-refractivity contribution in [3.05, 3.63) is 63.2 Å². The summed E-state index contributed by atoms with van der Waals surface area (Å²) in [7, 11) is 0. The minimum Gasteiger partial charge on any atom is -0.478 e. The number of aryl methyl sites for hydroxylation is 1. The van der Waals surface area contributed by atoms with E-state index in [0.717, 1.165) is 54.7 Å². The molecule has 2 aliphatic rings. The van der Waals surface area contributed by atoms with Crippen molar-refractivity contribution in [2.45, 2.75) is 70.8 Å². The van der Waals surface area contributed by atoms with E-state index in [9.17, 15) is 14.7 Å². The number of carbonyl (C=O) groups is 2. The van der Waals surface area contributed by atoms with Gasteiger partial charge in [0, 0.05) is 16.5 Å². The predicted molar refractivity (Wildman–Crippen MR) is 138 cm³/mol. The highest BCUT2D eigenvalue weighted by molar-refractivity contribution is 7.16. The molecule has 1 fully saturated rings. The van der Waals surface area contributed by atoms with E-state index in [1.54, 1.807) is 36.6 Å². The first-order valence-corrected chi connectivity index (χ1v) is 13.3. The second kappa shape index (κ2) is 10.2. The minimum atomic E-state index is -0.960. The highest BCUT2D eigenvalue weighted by Crippen LogP contribution is 2.40. The topological polar surface area (TPSA) is 91.9 Å². The van der Waals surface area contributed by atoms with E-state index >= 15 is 0 Å². The first kappa shape index (κ1) is 23.5. The van der Waals surface area contributed by atoms with Crippen molar-refractivity contribution in [3.63, 3.8) is 0 Å². The van der Waals surface area contributed by atoms with E-state index in [-0.39, 0.29) is 17.5 Å². The molecule has 2 aromatic heterocycles. The Labute approximate surface area is 209 Å². The summed E-state index contributed by atoms with van der Waals surface area (Å²) in [5.41, 5.74) is 3.56. The van der Waals surface area contributed by atoms with Gasteiger partial charge >= 0.3 is 5.97 Å². The molecule has 0 aliphatic heterocycles. The lowest BCUT2D eigenvalue weighted by Gasteiger charge is -2.23. The fraction of sp³-hybridized carbons (Fsp3) is 0.393. The average Bonchev–Trinajstić information content (AvgIpc) is 3.48. The van der Waals surface area contributed by atoms with Crippen LogP contribution in [0, 0.1) is 6.92 Å². The second-order valence-electron chi connectivity index (χ2n) is 9.44. The van der Waals surface area contributed by atoms with Crippen LogP contribution in [0.4, 0.5) is 5.00 Å². The molecule has 0 unspecified atom stereocenters. The van der Waals surface area contributed by atoms with Gasteiger partial charge in [0.25, 0.3) is 5.91 Å². The van der Waals surface area contributed by atoms with Gasteiger partial charge in [0.05, 0.1) is 17.3 Å². The zero-order chi connectivity index (χ0) is 24.4. The fourth-order valence-corrected chi connectivity index (χ4v) is 6.44. The van der Waals surface area contributed by atoms with Gasteiger partial charge in [-0.2, -0.15) is 0 Å². The van der Waals surface area contributed by atoms with E-state index < -0.39 is 5.97 Å². The first-order chi connectivity index (χ1) is 17.0. The SMILES string of the molecule is Cc1c(C(=O)O)cccc1-c1ccc(C=Nc2sc3c(c2C(=O)NC2CCCCC2)CCCC3)o1. The van der Waals surface area contributed by atoms with Crippen molar-refractivity contribution < 1.29 is 19.1 Å². The molecular weight excluding hydrogens is 460 g/mol. The Morgan fingerprint density at radius 1 is 1.09 bits per heavy atom. The molecule has 1 amide bonds. The van der Waals surface area contributed by atoms with Crippen LogP contribution in [-0.2, 0) is 12.8 Å². The number of aromatic carboxylic acids is 1. The molecule has 0 atom stereocenters. The summed E-state index contributed by atoms with van der Waals surface area (Å²) in [6.07, 6.45) is 11.5. The number of carbonyl (C=O) groups excluding carboxylic acids is 1. The third-order valence-electron chi connectivity index (χ3n) is 7.09. The molecular formula is C28H30N2O4S. The summed E-state index contributed by atoms with van der Waals surface area (Å²) in [6.45, 7) is 1.78. The monoisotopic (exact) mass is 490 g/mol. The number of thiophene rings is 1. The van der Waals surface area contributed by atoms with Gasteiger partial charge in [-0.05, 0) is 74.8 Å². The zero-order valence-electron chi connectivity index (χ0n) is 19.9. The van der Waals surface area contributed by atoms with E-state index in [2.05, 4.69) is 5.32 Å². The minimum absolute atomic E-state index is 0.00435. The number of nitrogens with one attached hydrogen (secondary N) is 1. The van der Waals surface area contributed by atoms with Crippen LogP contribution in [0.15, 0.2) is 39.7 Å². The van der Waals surface area contributed by atoms with Crippen molar-refractivity contribution in [2.24, 2.45) is 4.99 Å². The molecule has 6 nitrogen and oxygen atoms in total. The molecule has 182 valence electrons. The maximum absolute atomic E-state index is 13.3. The van der Waals surface area contributed by atoms with Gasteiger partial charge in [-0.25, -0.2) is 9.79 Å². The van der Waals surface area contributed by atoms with Crippen LogP contribution in [0.5, 0.6) is 0 Å². The smallest absolute Gasteiger partial charge is 0.335 e. The lowest BCUT2D eigenvalue weighted by molar-refractivity contribution is 0.0695. The predicted octanol–water partition coefficient (Wildman–Crippen LogP) is 6.71. The maximum Gasteiger partial charge on any atom is 0.335 e. The lowest BCUT2D eigenvalue weighted by Crippen LogP contribution is -2.36. The molecule has 5 rings (SSSR count).